The van der Waals surface area contributed by atoms with Gasteiger partial charge in [0.25, 0.3) is 5.91 Å². The molecular formula is C19H21FN2O3. The number of benzene rings is 2. The molecule has 0 heterocycles. The van der Waals surface area contributed by atoms with Crippen LogP contribution in [-0.2, 0) is 11.3 Å². The second kappa shape index (κ2) is 7.79. The molecule has 0 aromatic heterocycles. The second-order valence-electron chi connectivity index (χ2n) is 6.48. The number of hydrogen-bond acceptors (Lipinski definition) is 3. The second-order valence-corrected chi connectivity index (χ2v) is 6.48. The smallest absolute Gasteiger partial charge is 0.412 e. The van der Waals surface area contributed by atoms with Crippen LogP contribution in [0.4, 0.5) is 14.9 Å². The molecule has 132 valence electrons. The van der Waals surface area contributed by atoms with E-state index in [-0.39, 0.29) is 18.3 Å². The average Bonchev–Trinajstić information content (AvgIpc) is 2.52. The fourth-order valence-corrected chi connectivity index (χ4v) is 2.08. The van der Waals surface area contributed by atoms with Crippen molar-refractivity contribution in [3.63, 3.8) is 0 Å². The Labute approximate surface area is 146 Å². The van der Waals surface area contributed by atoms with Crippen molar-refractivity contribution in [1.29, 1.82) is 0 Å². The summed E-state index contributed by atoms with van der Waals surface area (Å²) in [6, 6.07) is 12.7. The zero-order valence-electron chi connectivity index (χ0n) is 14.4. The van der Waals surface area contributed by atoms with Crippen LogP contribution >= 0.6 is 0 Å². The van der Waals surface area contributed by atoms with Gasteiger partial charge in [-0.15, -0.1) is 0 Å². The first kappa shape index (κ1) is 18.4. The minimum Gasteiger partial charge on any atom is -0.444 e. The molecule has 0 fully saturated rings. The highest BCUT2D eigenvalue weighted by molar-refractivity contribution is 5.96. The number of hydrogen-bond donors (Lipinski definition) is 2. The molecule has 25 heavy (non-hydrogen) atoms. The topological polar surface area (TPSA) is 67.4 Å². The molecule has 0 bridgehead atoms. The molecule has 0 aliphatic heterocycles. The predicted octanol–water partition coefficient (Wildman–Crippen LogP) is 4.10. The van der Waals surface area contributed by atoms with Crippen LogP contribution in [0.1, 0.15) is 36.7 Å². The van der Waals surface area contributed by atoms with Gasteiger partial charge in [0.15, 0.2) is 0 Å². The number of ether oxygens (including phenoxy) is 1. The van der Waals surface area contributed by atoms with Crippen molar-refractivity contribution >= 4 is 17.7 Å². The SMILES string of the molecule is CC(C)(C)OC(=O)Nc1cccc(C(=O)NCc2ccccc2F)c1. The lowest BCUT2D eigenvalue weighted by molar-refractivity contribution is 0.0635. The van der Waals surface area contributed by atoms with Crippen LogP contribution in [-0.4, -0.2) is 17.6 Å². The zero-order chi connectivity index (χ0) is 18.4. The molecule has 2 aromatic carbocycles. The van der Waals surface area contributed by atoms with Crippen LogP contribution in [0.3, 0.4) is 0 Å². The molecule has 0 saturated heterocycles. The van der Waals surface area contributed by atoms with E-state index in [0.717, 1.165) is 0 Å². The summed E-state index contributed by atoms with van der Waals surface area (Å²) in [4.78, 5) is 24.0. The Morgan fingerprint density at radius 2 is 1.80 bits per heavy atom. The monoisotopic (exact) mass is 344 g/mol. The maximum Gasteiger partial charge on any atom is 0.412 e. The van der Waals surface area contributed by atoms with Crippen LogP contribution in [0.15, 0.2) is 48.5 Å². The summed E-state index contributed by atoms with van der Waals surface area (Å²) in [5.74, 6) is -0.737. The van der Waals surface area contributed by atoms with E-state index >= 15 is 0 Å². The van der Waals surface area contributed by atoms with Crippen molar-refractivity contribution in [3.05, 3.63) is 65.5 Å². The van der Waals surface area contributed by atoms with Crippen molar-refractivity contribution in [3.8, 4) is 0 Å². The molecule has 2 N–H and O–H groups in total. The van der Waals surface area contributed by atoms with E-state index in [4.69, 9.17) is 4.74 Å². The highest BCUT2D eigenvalue weighted by Gasteiger charge is 2.16. The largest absolute Gasteiger partial charge is 0.444 e. The molecule has 0 aliphatic rings. The highest BCUT2D eigenvalue weighted by atomic mass is 19.1. The Morgan fingerprint density at radius 1 is 1.08 bits per heavy atom. The first-order valence-electron chi connectivity index (χ1n) is 7.86. The molecule has 0 aliphatic carbocycles. The normalized spacial score (nSPS) is 10.9. The van der Waals surface area contributed by atoms with Gasteiger partial charge in [0.2, 0.25) is 0 Å². The summed E-state index contributed by atoms with van der Waals surface area (Å²) in [5, 5.41) is 5.23. The van der Waals surface area contributed by atoms with Crippen molar-refractivity contribution < 1.29 is 18.7 Å². The Kier molecular flexibility index (Phi) is 5.75. The van der Waals surface area contributed by atoms with Crippen LogP contribution < -0.4 is 10.6 Å². The lowest BCUT2D eigenvalue weighted by Crippen LogP contribution is -2.27. The summed E-state index contributed by atoms with van der Waals surface area (Å²) < 4.78 is 18.7. The van der Waals surface area contributed by atoms with Crippen molar-refractivity contribution in [2.45, 2.75) is 32.9 Å². The van der Waals surface area contributed by atoms with Gasteiger partial charge in [0.05, 0.1) is 0 Å². The van der Waals surface area contributed by atoms with Gasteiger partial charge in [-0.25, -0.2) is 9.18 Å². The molecule has 0 saturated carbocycles. The molecule has 6 heteroatoms. The summed E-state index contributed by atoms with van der Waals surface area (Å²) in [6.45, 7) is 5.37. The van der Waals surface area contributed by atoms with Crippen LogP contribution in [0, 0.1) is 5.82 Å². The molecule has 0 spiro atoms. The van der Waals surface area contributed by atoms with E-state index in [1.165, 1.54) is 12.1 Å². The molecular weight excluding hydrogens is 323 g/mol. The third-order valence-electron chi connectivity index (χ3n) is 3.17. The molecule has 2 amide bonds. The van der Waals surface area contributed by atoms with Gasteiger partial charge in [-0.05, 0) is 45.0 Å². The Hall–Kier alpha value is -2.89. The fourth-order valence-electron chi connectivity index (χ4n) is 2.08. The third kappa shape index (κ3) is 5.91. The fraction of sp³-hybridized carbons (Fsp3) is 0.263. The number of halogens is 1. The Morgan fingerprint density at radius 3 is 2.48 bits per heavy atom. The van der Waals surface area contributed by atoms with Crippen molar-refractivity contribution in [1.82, 2.24) is 5.32 Å². The van der Waals surface area contributed by atoms with Gasteiger partial charge < -0.3 is 10.1 Å². The van der Waals surface area contributed by atoms with Gasteiger partial charge in [0, 0.05) is 23.4 Å². The Balaban J connectivity index is 1.99. The molecule has 2 aromatic rings. The quantitative estimate of drug-likeness (QED) is 0.877. The van der Waals surface area contributed by atoms with Gasteiger partial charge >= 0.3 is 6.09 Å². The zero-order valence-corrected chi connectivity index (χ0v) is 14.4. The van der Waals surface area contributed by atoms with Crippen molar-refractivity contribution in [2.24, 2.45) is 0 Å². The van der Waals surface area contributed by atoms with Crippen LogP contribution in [0.2, 0.25) is 0 Å². The molecule has 0 unspecified atom stereocenters. The summed E-state index contributed by atoms with van der Waals surface area (Å²) in [6.07, 6.45) is -0.601. The third-order valence-corrected chi connectivity index (χ3v) is 3.17. The van der Waals surface area contributed by atoms with Gasteiger partial charge in [-0.2, -0.15) is 0 Å². The van der Waals surface area contributed by atoms with Crippen LogP contribution in [0.5, 0.6) is 0 Å². The average molecular weight is 344 g/mol. The summed E-state index contributed by atoms with van der Waals surface area (Å²) in [5.41, 5.74) is 0.579. The molecule has 2 rings (SSSR count). The molecule has 0 atom stereocenters. The number of carbonyl (C=O) groups is 2. The lowest BCUT2D eigenvalue weighted by Gasteiger charge is -2.19. The maximum atomic E-state index is 13.6. The van der Waals surface area contributed by atoms with Gasteiger partial charge in [-0.3, -0.25) is 10.1 Å². The number of amides is 2. The van der Waals surface area contributed by atoms with Crippen molar-refractivity contribution in [2.75, 3.05) is 5.32 Å². The van der Waals surface area contributed by atoms with Gasteiger partial charge in [-0.1, -0.05) is 24.3 Å². The van der Waals surface area contributed by atoms with Crippen LogP contribution in [0.25, 0.3) is 0 Å². The summed E-state index contributed by atoms with van der Waals surface area (Å²) >= 11 is 0. The highest BCUT2D eigenvalue weighted by Crippen LogP contribution is 2.14. The standard InChI is InChI=1S/C19H21FN2O3/c1-19(2,3)25-18(24)22-15-9-6-8-13(11-15)17(23)21-12-14-7-4-5-10-16(14)20/h4-11H,12H2,1-3H3,(H,21,23)(H,22,24). The van der Waals surface area contributed by atoms with E-state index in [1.807, 2.05) is 0 Å². The predicted molar refractivity (Wildman–Crippen MR) is 93.9 cm³/mol. The lowest BCUT2D eigenvalue weighted by atomic mass is 10.1. The van der Waals surface area contributed by atoms with E-state index in [2.05, 4.69) is 10.6 Å². The number of carbonyl (C=O) groups excluding carboxylic acids is 2. The van der Waals surface area contributed by atoms with Gasteiger partial charge in [0.1, 0.15) is 11.4 Å². The first-order chi connectivity index (χ1) is 11.7. The Bertz CT molecular complexity index is 769. The minimum absolute atomic E-state index is 0.0786. The van der Waals surface area contributed by atoms with E-state index in [1.54, 1.807) is 57.2 Å². The summed E-state index contributed by atoms with van der Waals surface area (Å²) in [7, 11) is 0. The number of rotatable bonds is 4. The van der Waals surface area contributed by atoms with E-state index < -0.39 is 11.7 Å². The number of anilines is 1. The van der Waals surface area contributed by atoms with E-state index in [0.29, 0.717) is 16.8 Å². The molecule has 0 radical (unpaired) electrons. The van der Waals surface area contributed by atoms with E-state index in [9.17, 15) is 14.0 Å². The first-order valence-corrected chi connectivity index (χ1v) is 7.86. The maximum absolute atomic E-state index is 13.6. The number of nitrogens with one attached hydrogen (secondary N) is 2. The molecule has 5 nitrogen and oxygen atoms in total. The minimum atomic E-state index is -0.612.